The van der Waals surface area contributed by atoms with E-state index in [9.17, 15) is 8.78 Å². The second kappa shape index (κ2) is 3.53. The van der Waals surface area contributed by atoms with Crippen molar-refractivity contribution in [1.82, 2.24) is 4.98 Å². The molecule has 1 rings (SSSR count). The Balaban J connectivity index is 0.00000121. The van der Waals surface area contributed by atoms with Crippen LogP contribution in [0.2, 0.25) is 0 Å². The Morgan fingerprint density at radius 3 is 2.17 bits per heavy atom. The fraction of sp³-hybridized carbons (Fsp3) is 0.500. The van der Waals surface area contributed by atoms with E-state index < -0.39 is 5.92 Å². The Labute approximate surface area is 79.2 Å². The smallest absolute Gasteiger partial charge is 0.288 e. The van der Waals surface area contributed by atoms with E-state index in [1.165, 1.54) is 0 Å². The van der Waals surface area contributed by atoms with Crippen LogP contribution in [-0.2, 0) is 5.92 Å². The van der Waals surface area contributed by atoms with Crippen molar-refractivity contribution in [2.45, 2.75) is 19.8 Å². The lowest BCUT2D eigenvalue weighted by atomic mass is 10.2. The molecule has 2 N–H and O–H groups in total. The quantitative estimate of drug-likeness (QED) is 0.781. The highest BCUT2D eigenvalue weighted by atomic mass is 35.5. The molecule has 0 aromatic carbocycles. The number of nitrogen functional groups attached to an aromatic ring is 1. The fourth-order valence-electron chi connectivity index (χ4n) is 0.824. The molecule has 0 amide bonds. The lowest BCUT2D eigenvalue weighted by molar-refractivity contribution is 0.0129. The normalized spacial score (nSPS) is 11.0. The highest BCUT2D eigenvalue weighted by Gasteiger charge is 2.29. The Bertz CT molecular complexity index is 269. The van der Waals surface area contributed by atoms with E-state index in [1.54, 1.807) is 6.92 Å². The number of alkyl halides is 2. The van der Waals surface area contributed by atoms with Gasteiger partial charge in [-0.2, -0.15) is 8.78 Å². The Hall–Kier alpha value is -0.420. The number of nitrogens with zero attached hydrogens (tertiary/aromatic N) is 1. The van der Waals surface area contributed by atoms with Gasteiger partial charge in [-0.3, -0.25) is 0 Å². The molecule has 0 radical (unpaired) electrons. The van der Waals surface area contributed by atoms with Crippen molar-refractivity contribution in [3.63, 3.8) is 0 Å². The summed E-state index contributed by atoms with van der Waals surface area (Å²) in [6, 6.07) is 0. The molecule has 12 heavy (non-hydrogen) atoms. The fourth-order valence-corrected chi connectivity index (χ4v) is 1.60. The van der Waals surface area contributed by atoms with Gasteiger partial charge in [0.05, 0.1) is 0 Å². The van der Waals surface area contributed by atoms with E-state index >= 15 is 0 Å². The molecule has 1 aromatic rings. The monoisotopic (exact) mass is 214 g/mol. The molecule has 0 atom stereocenters. The number of hydrogen-bond acceptors (Lipinski definition) is 3. The van der Waals surface area contributed by atoms with Gasteiger partial charge in [0.1, 0.15) is 5.69 Å². The standard InChI is InChI=1S/C6H8F2N2S.ClH/c1-3-4(6(2,7)8)10-5(9)11-3;/h1-2H3,(H2,9,10);1H. The van der Waals surface area contributed by atoms with E-state index in [4.69, 9.17) is 5.73 Å². The largest absolute Gasteiger partial charge is 0.375 e. The molecule has 0 fully saturated rings. The van der Waals surface area contributed by atoms with E-state index in [0.29, 0.717) is 4.88 Å². The first kappa shape index (κ1) is 11.6. The van der Waals surface area contributed by atoms with Gasteiger partial charge in [0.2, 0.25) is 0 Å². The molecule has 0 aliphatic carbocycles. The van der Waals surface area contributed by atoms with E-state index in [1.807, 2.05) is 0 Å². The van der Waals surface area contributed by atoms with Gasteiger partial charge >= 0.3 is 0 Å². The summed E-state index contributed by atoms with van der Waals surface area (Å²) in [5, 5.41) is 0.194. The third kappa shape index (κ3) is 2.28. The number of halogens is 3. The first-order valence-electron chi connectivity index (χ1n) is 3.02. The van der Waals surface area contributed by atoms with Crippen LogP contribution in [0.25, 0.3) is 0 Å². The van der Waals surface area contributed by atoms with Crippen LogP contribution in [-0.4, -0.2) is 4.98 Å². The lowest BCUT2D eigenvalue weighted by Gasteiger charge is -2.06. The summed E-state index contributed by atoms with van der Waals surface area (Å²) in [6.45, 7) is 2.40. The molecule has 6 heteroatoms. The van der Waals surface area contributed by atoms with Crippen molar-refractivity contribution >= 4 is 28.9 Å². The summed E-state index contributed by atoms with van der Waals surface area (Å²) in [7, 11) is 0. The topological polar surface area (TPSA) is 38.9 Å². The van der Waals surface area contributed by atoms with Gasteiger partial charge in [-0.25, -0.2) is 4.98 Å². The van der Waals surface area contributed by atoms with Gasteiger partial charge in [0.25, 0.3) is 5.92 Å². The number of thiazole rings is 1. The van der Waals surface area contributed by atoms with Crippen molar-refractivity contribution < 1.29 is 8.78 Å². The van der Waals surface area contributed by atoms with Crippen LogP contribution in [0.4, 0.5) is 13.9 Å². The van der Waals surface area contributed by atoms with Gasteiger partial charge in [-0.15, -0.1) is 23.7 Å². The van der Waals surface area contributed by atoms with Gasteiger partial charge in [-0.1, -0.05) is 0 Å². The minimum Gasteiger partial charge on any atom is -0.375 e. The van der Waals surface area contributed by atoms with Gasteiger partial charge in [0.15, 0.2) is 5.13 Å². The number of anilines is 1. The average molecular weight is 215 g/mol. The Morgan fingerprint density at radius 1 is 1.50 bits per heavy atom. The molecule has 70 valence electrons. The zero-order valence-corrected chi connectivity index (χ0v) is 8.23. The van der Waals surface area contributed by atoms with Crippen LogP contribution in [0.5, 0.6) is 0 Å². The SMILES string of the molecule is Cc1sc(N)nc1C(C)(F)F.Cl. The van der Waals surface area contributed by atoms with Crippen LogP contribution in [0, 0.1) is 6.92 Å². The molecule has 0 saturated heterocycles. The minimum atomic E-state index is -2.88. The molecular formula is C6H9ClF2N2S. The third-order valence-electron chi connectivity index (χ3n) is 1.23. The minimum absolute atomic E-state index is 0. The van der Waals surface area contributed by atoms with Crippen molar-refractivity contribution in [3.8, 4) is 0 Å². The number of aromatic nitrogens is 1. The molecule has 0 saturated carbocycles. The Morgan fingerprint density at radius 2 is 2.00 bits per heavy atom. The van der Waals surface area contributed by atoms with Crippen LogP contribution >= 0.6 is 23.7 Å². The van der Waals surface area contributed by atoms with Gasteiger partial charge in [-0.05, 0) is 6.92 Å². The number of hydrogen-bond donors (Lipinski definition) is 1. The second-order valence-electron chi connectivity index (χ2n) is 2.35. The first-order valence-corrected chi connectivity index (χ1v) is 3.84. The summed E-state index contributed by atoms with van der Waals surface area (Å²) in [5.41, 5.74) is 5.04. The maximum Gasteiger partial charge on any atom is 0.288 e. The average Bonchev–Trinajstić information content (AvgIpc) is 2.08. The predicted octanol–water partition coefficient (Wildman–Crippen LogP) is 2.57. The maximum absolute atomic E-state index is 12.6. The first-order chi connectivity index (χ1) is 4.91. The van der Waals surface area contributed by atoms with E-state index in [-0.39, 0.29) is 23.2 Å². The van der Waals surface area contributed by atoms with E-state index in [0.717, 1.165) is 18.3 Å². The molecule has 2 nitrogen and oxygen atoms in total. The summed E-state index contributed by atoms with van der Waals surface area (Å²) < 4.78 is 25.2. The summed E-state index contributed by atoms with van der Waals surface area (Å²) >= 11 is 1.08. The van der Waals surface area contributed by atoms with Crippen LogP contribution in [0.15, 0.2) is 0 Å². The zero-order chi connectivity index (χ0) is 8.65. The van der Waals surface area contributed by atoms with Crippen molar-refractivity contribution in [2.24, 2.45) is 0 Å². The number of aryl methyl sites for hydroxylation is 1. The van der Waals surface area contributed by atoms with Crippen molar-refractivity contribution in [3.05, 3.63) is 10.6 Å². The molecule has 0 aliphatic heterocycles. The zero-order valence-electron chi connectivity index (χ0n) is 6.60. The van der Waals surface area contributed by atoms with Crippen LogP contribution in [0.1, 0.15) is 17.5 Å². The molecule has 0 bridgehead atoms. The summed E-state index contributed by atoms with van der Waals surface area (Å²) in [6.07, 6.45) is 0. The number of nitrogens with two attached hydrogens (primary N) is 1. The molecule has 0 unspecified atom stereocenters. The van der Waals surface area contributed by atoms with Crippen molar-refractivity contribution in [2.75, 3.05) is 5.73 Å². The number of rotatable bonds is 1. The highest BCUT2D eigenvalue weighted by Crippen LogP contribution is 2.32. The second-order valence-corrected chi connectivity index (χ2v) is 3.58. The molecule has 0 spiro atoms. The van der Waals surface area contributed by atoms with Gasteiger partial charge < -0.3 is 5.73 Å². The van der Waals surface area contributed by atoms with Crippen molar-refractivity contribution in [1.29, 1.82) is 0 Å². The summed E-state index contributed by atoms with van der Waals surface area (Å²) in [5.74, 6) is -2.88. The Kier molecular flexibility index (Phi) is 3.41. The lowest BCUT2D eigenvalue weighted by Crippen LogP contribution is -2.09. The van der Waals surface area contributed by atoms with Crippen LogP contribution in [0.3, 0.4) is 0 Å². The molecular weight excluding hydrogens is 206 g/mol. The molecule has 0 aliphatic rings. The van der Waals surface area contributed by atoms with E-state index in [2.05, 4.69) is 4.98 Å². The summed E-state index contributed by atoms with van der Waals surface area (Å²) in [4.78, 5) is 4.01. The molecule has 1 aromatic heterocycles. The van der Waals surface area contributed by atoms with Crippen LogP contribution < -0.4 is 5.73 Å². The third-order valence-corrected chi connectivity index (χ3v) is 2.03. The van der Waals surface area contributed by atoms with Gasteiger partial charge in [0, 0.05) is 11.8 Å². The predicted molar refractivity (Wildman–Crippen MR) is 48.1 cm³/mol. The maximum atomic E-state index is 12.6. The highest BCUT2D eigenvalue weighted by molar-refractivity contribution is 7.15. The molecule has 1 heterocycles.